The largest absolute Gasteiger partial charge is 0.479 e. The highest BCUT2D eigenvalue weighted by Crippen LogP contribution is 2.30. The second-order valence-corrected chi connectivity index (χ2v) is 4.00. The van der Waals surface area contributed by atoms with Crippen molar-refractivity contribution in [3.8, 4) is 0 Å². The molecule has 0 aliphatic carbocycles. The van der Waals surface area contributed by atoms with Crippen LogP contribution >= 0.6 is 0 Å². The molecule has 4 heteroatoms. The standard InChI is InChI=1S/C14H13NO3/c15-12-8-6-11(7-9-12)14(18,13(16)17)10-4-2-1-3-5-10/h1-9,18H,15H2,(H,16,17). The quantitative estimate of drug-likeness (QED) is 0.715. The van der Waals surface area contributed by atoms with Crippen LogP contribution in [0, 0.1) is 0 Å². The summed E-state index contributed by atoms with van der Waals surface area (Å²) in [7, 11) is 0. The van der Waals surface area contributed by atoms with Crippen molar-refractivity contribution in [1.82, 2.24) is 0 Å². The van der Waals surface area contributed by atoms with E-state index in [0.717, 1.165) is 0 Å². The molecule has 0 aromatic heterocycles. The Morgan fingerprint density at radius 3 is 1.94 bits per heavy atom. The molecule has 2 aromatic rings. The molecule has 4 nitrogen and oxygen atoms in total. The topological polar surface area (TPSA) is 83.5 Å². The lowest BCUT2D eigenvalue weighted by atomic mass is 9.86. The molecule has 0 radical (unpaired) electrons. The molecule has 2 rings (SSSR count). The minimum atomic E-state index is -2.06. The number of carboxylic acids is 1. The Kier molecular flexibility index (Phi) is 3.04. The Bertz CT molecular complexity index is 551. The van der Waals surface area contributed by atoms with Crippen LogP contribution in [0.3, 0.4) is 0 Å². The normalized spacial score (nSPS) is 13.8. The van der Waals surface area contributed by atoms with Gasteiger partial charge in [0.1, 0.15) is 0 Å². The fourth-order valence-corrected chi connectivity index (χ4v) is 1.82. The zero-order valence-corrected chi connectivity index (χ0v) is 9.58. The van der Waals surface area contributed by atoms with Gasteiger partial charge in [0.2, 0.25) is 5.60 Å². The van der Waals surface area contributed by atoms with Crippen molar-refractivity contribution in [2.45, 2.75) is 5.60 Å². The maximum Gasteiger partial charge on any atom is 0.345 e. The first-order valence-electron chi connectivity index (χ1n) is 5.42. The number of carboxylic acid groups (broad SMARTS) is 1. The van der Waals surface area contributed by atoms with Gasteiger partial charge in [0.25, 0.3) is 0 Å². The van der Waals surface area contributed by atoms with Crippen molar-refractivity contribution < 1.29 is 15.0 Å². The van der Waals surface area contributed by atoms with E-state index in [9.17, 15) is 15.0 Å². The van der Waals surface area contributed by atoms with Crippen LogP contribution in [0.1, 0.15) is 11.1 Å². The van der Waals surface area contributed by atoms with Crippen LogP contribution in [0.4, 0.5) is 5.69 Å². The van der Waals surface area contributed by atoms with Gasteiger partial charge in [-0.1, -0.05) is 42.5 Å². The smallest absolute Gasteiger partial charge is 0.345 e. The zero-order chi connectivity index (χ0) is 13.2. The predicted molar refractivity (Wildman–Crippen MR) is 67.9 cm³/mol. The van der Waals surface area contributed by atoms with E-state index >= 15 is 0 Å². The van der Waals surface area contributed by atoms with E-state index in [1.807, 2.05) is 0 Å². The lowest BCUT2D eigenvalue weighted by molar-refractivity contribution is -0.155. The molecule has 92 valence electrons. The highest BCUT2D eigenvalue weighted by Gasteiger charge is 2.39. The van der Waals surface area contributed by atoms with Crippen LogP contribution in [-0.2, 0) is 10.4 Å². The van der Waals surface area contributed by atoms with E-state index in [1.165, 1.54) is 12.1 Å². The molecule has 0 amide bonds. The Morgan fingerprint density at radius 1 is 0.944 bits per heavy atom. The summed E-state index contributed by atoms with van der Waals surface area (Å²) in [6.45, 7) is 0. The number of nitrogens with two attached hydrogens (primary N) is 1. The summed E-state index contributed by atoms with van der Waals surface area (Å²) in [6, 6.07) is 14.4. The van der Waals surface area contributed by atoms with E-state index in [2.05, 4.69) is 0 Å². The van der Waals surface area contributed by atoms with E-state index in [4.69, 9.17) is 5.73 Å². The highest BCUT2D eigenvalue weighted by molar-refractivity contribution is 5.83. The molecule has 1 atom stereocenters. The van der Waals surface area contributed by atoms with Gasteiger partial charge < -0.3 is 15.9 Å². The molecule has 0 bridgehead atoms. The van der Waals surface area contributed by atoms with Crippen molar-refractivity contribution in [3.05, 3.63) is 65.7 Å². The molecule has 0 fully saturated rings. The molecule has 18 heavy (non-hydrogen) atoms. The Morgan fingerprint density at radius 2 is 1.44 bits per heavy atom. The van der Waals surface area contributed by atoms with Gasteiger partial charge in [-0.05, 0) is 23.3 Å². The number of aliphatic carboxylic acids is 1. The van der Waals surface area contributed by atoms with Gasteiger partial charge in [-0.25, -0.2) is 4.79 Å². The van der Waals surface area contributed by atoms with E-state index < -0.39 is 11.6 Å². The fraction of sp³-hybridized carbons (Fsp3) is 0.0714. The first-order valence-corrected chi connectivity index (χ1v) is 5.42. The summed E-state index contributed by atoms with van der Waals surface area (Å²) in [5, 5.41) is 19.8. The van der Waals surface area contributed by atoms with Gasteiger partial charge in [-0.15, -0.1) is 0 Å². The Labute approximate surface area is 104 Å². The number of carbonyl (C=O) groups is 1. The van der Waals surface area contributed by atoms with Crippen molar-refractivity contribution in [3.63, 3.8) is 0 Å². The van der Waals surface area contributed by atoms with Gasteiger partial charge in [0.15, 0.2) is 0 Å². The first-order chi connectivity index (χ1) is 8.55. The predicted octanol–water partition coefficient (Wildman–Crippen LogP) is 1.59. The average molecular weight is 243 g/mol. The van der Waals surface area contributed by atoms with Crippen LogP contribution in [0.15, 0.2) is 54.6 Å². The SMILES string of the molecule is Nc1ccc(C(O)(C(=O)O)c2ccccc2)cc1. The van der Waals surface area contributed by atoms with Crippen molar-refractivity contribution in [2.24, 2.45) is 0 Å². The lowest BCUT2D eigenvalue weighted by Crippen LogP contribution is -2.36. The fourth-order valence-electron chi connectivity index (χ4n) is 1.82. The minimum Gasteiger partial charge on any atom is -0.479 e. The highest BCUT2D eigenvalue weighted by atomic mass is 16.4. The number of aliphatic hydroxyl groups is 1. The lowest BCUT2D eigenvalue weighted by Gasteiger charge is -2.24. The molecule has 0 aliphatic rings. The minimum absolute atomic E-state index is 0.274. The summed E-state index contributed by atoms with van der Waals surface area (Å²) in [4.78, 5) is 11.4. The number of nitrogen functional groups attached to an aromatic ring is 1. The maximum atomic E-state index is 11.4. The molecule has 0 heterocycles. The van der Waals surface area contributed by atoms with Crippen LogP contribution < -0.4 is 5.73 Å². The maximum absolute atomic E-state index is 11.4. The van der Waals surface area contributed by atoms with Gasteiger partial charge in [0, 0.05) is 5.69 Å². The van der Waals surface area contributed by atoms with Crippen LogP contribution in [0.2, 0.25) is 0 Å². The molecular formula is C14H13NO3. The van der Waals surface area contributed by atoms with Gasteiger partial charge in [-0.2, -0.15) is 0 Å². The van der Waals surface area contributed by atoms with Gasteiger partial charge in [0.05, 0.1) is 0 Å². The third kappa shape index (κ3) is 1.94. The van der Waals surface area contributed by atoms with Crippen LogP contribution in [0.25, 0.3) is 0 Å². The second kappa shape index (κ2) is 4.50. The molecule has 1 unspecified atom stereocenters. The second-order valence-electron chi connectivity index (χ2n) is 4.00. The monoisotopic (exact) mass is 243 g/mol. The van der Waals surface area contributed by atoms with Gasteiger partial charge in [-0.3, -0.25) is 0 Å². The number of benzene rings is 2. The number of hydrogen-bond acceptors (Lipinski definition) is 3. The van der Waals surface area contributed by atoms with E-state index in [1.54, 1.807) is 42.5 Å². The summed E-state index contributed by atoms with van der Waals surface area (Å²) in [5.74, 6) is -1.32. The van der Waals surface area contributed by atoms with Crippen LogP contribution in [-0.4, -0.2) is 16.2 Å². The molecule has 4 N–H and O–H groups in total. The van der Waals surface area contributed by atoms with Crippen LogP contribution in [0.5, 0.6) is 0 Å². The van der Waals surface area contributed by atoms with Gasteiger partial charge >= 0.3 is 5.97 Å². The number of rotatable bonds is 3. The first kappa shape index (κ1) is 12.1. The summed E-state index contributed by atoms with van der Waals surface area (Å²) in [6.07, 6.45) is 0. The summed E-state index contributed by atoms with van der Waals surface area (Å²) in [5.41, 5.74) is 4.59. The molecular weight excluding hydrogens is 230 g/mol. The summed E-state index contributed by atoms with van der Waals surface area (Å²) >= 11 is 0. The van der Waals surface area contributed by atoms with E-state index in [-0.39, 0.29) is 5.56 Å². The average Bonchev–Trinajstić information content (AvgIpc) is 2.39. The Balaban J connectivity index is 2.58. The van der Waals surface area contributed by atoms with Crippen molar-refractivity contribution >= 4 is 11.7 Å². The zero-order valence-electron chi connectivity index (χ0n) is 9.58. The number of hydrogen-bond donors (Lipinski definition) is 3. The number of anilines is 1. The van der Waals surface area contributed by atoms with Crippen molar-refractivity contribution in [2.75, 3.05) is 5.73 Å². The third-order valence-electron chi connectivity index (χ3n) is 2.83. The molecule has 2 aromatic carbocycles. The molecule has 0 saturated carbocycles. The van der Waals surface area contributed by atoms with Crippen molar-refractivity contribution in [1.29, 1.82) is 0 Å². The third-order valence-corrected chi connectivity index (χ3v) is 2.83. The summed E-state index contributed by atoms with van der Waals surface area (Å²) < 4.78 is 0. The Hall–Kier alpha value is -2.33. The molecule has 0 aliphatic heterocycles. The molecule has 0 spiro atoms. The molecule has 0 saturated heterocycles. The van der Waals surface area contributed by atoms with E-state index in [0.29, 0.717) is 11.3 Å².